The van der Waals surface area contributed by atoms with Crippen LogP contribution in [0.2, 0.25) is 5.02 Å². The van der Waals surface area contributed by atoms with Crippen LogP contribution in [-0.4, -0.2) is 18.0 Å². The maximum atomic E-state index is 6.00. The molecular weight excluding hydrogens is 276 g/mol. The number of hydrogen-bond acceptors (Lipinski definition) is 3. The molecule has 0 saturated carbocycles. The van der Waals surface area contributed by atoms with E-state index in [0.29, 0.717) is 6.54 Å². The minimum atomic E-state index is 0.283. The first-order valence-corrected chi connectivity index (χ1v) is 7.78. The van der Waals surface area contributed by atoms with Gasteiger partial charge in [0.2, 0.25) is 0 Å². The molecule has 0 saturated heterocycles. The van der Waals surface area contributed by atoms with Gasteiger partial charge in [-0.05, 0) is 41.1 Å². The number of hydrogen-bond donors (Lipinski definition) is 1. The standard InChI is InChI=1S/C15H17ClN2S/c16-13-3-1-11(2-4-13)14(9-17)18-7-5-15-12(10-18)6-8-19-15/h1-4,6,8,14H,5,7,9-10,17H2/t14-/m1/s1. The maximum Gasteiger partial charge on any atom is 0.0474 e. The Labute approximate surface area is 122 Å². The number of thiophene rings is 1. The van der Waals surface area contributed by atoms with Gasteiger partial charge in [0.15, 0.2) is 0 Å². The second-order valence-electron chi connectivity index (χ2n) is 4.89. The van der Waals surface area contributed by atoms with Crippen molar-refractivity contribution < 1.29 is 0 Å². The van der Waals surface area contributed by atoms with Gasteiger partial charge in [-0.15, -0.1) is 11.3 Å². The van der Waals surface area contributed by atoms with Gasteiger partial charge in [-0.25, -0.2) is 0 Å². The molecule has 3 rings (SSSR count). The predicted molar refractivity (Wildman–Crippen MR) is 81.7 cm³/mol. The molecule has 1 aromatic carbocycles. The van der Waals surface area contributed by atoms with Gasteiger partial charge < -0.3 is 5.73 Å². The van der Waals surface area contributed by atoms with Crippen molar-refractivity contribution in [2.24, 2.45) is 5.73 Å². The largest absolute Gasteiger partial charge is 0.329 e. The summed E-state index contributed by atoms with van der Waals surface area (Å²) in [5, 5.41) is 2.96. The lowest BCUT2D eigenvalue weighted by atomic mass is 10.0. The average Bonchev–Trinajstić information content (AvgIpc) is 2.89. The fraction of sp³-hybridized carbons (Fsp3) is 0.333. The highest BCUT2D eigenvalue weighted by Gasteiger charge is 2.24. The third-order valence-electron chi connectivity index (χ3n) is 3.76. The molecule has 2 aromatic rings. The Balaban J connectivity index is 1.82. The molecular formula is C15H17ClN2S. The highest BCUT2D eigenvalue weighted by atomic mass is 35.5. The van der Waals surface area contributed by atoms with E-state index in [4.69, 9.17) is 17.3 Å². The normalized spacial score (nSPS) is 17.2. The van der Waals surface area contributed by atoms with Crippen molar-refractivity contribution in [1.29, 1.82) is 0 Å². The van der Waals surface area contributed by atoms with E-state index in [1.54, 1.807) is 0 Å². The third-order valence-corrected chi connectivity index (χ3v) is 5.03. The highest BCUT2D eigenvalue weighted by molar-refractivity contribution is 7.10. The first-order chi connectivity index (χ1) is 9.28. The van der Waals surface area contributed by atoms with Crippen molar-refractivity contribution in [2.45, 2.75) is 19.0 Å². The fourth-order valence-corrected chi connectivity index (χ4v) is 3.73. The first-order valence-electron chi connectivity index (χ1n) is 6.53. The molecule has 0 unspecified atom stereocenters. The van der Waals surface area contributed by atoms with Gasteiger partial charge in [-0.2, -0.15) is 0 Å². The third kappa shape index (κ3) is 2.70. The van der Waals surface area contributed by atoms with Gasteiger partial charge >= 0.3 is 0 Å². The minimum absolute atomic E-state index is 0.283. The molecule has 0 aliphatic carbocycles. The molecule has 4 heteroatoms. The molecule has 1 aliphatic heterocycles. The van der Waals surface area contributed by atoms with E-state index in [9.17, 15) is 0 Å². The van der Waals surface area contributed by atoms with E-state index < -0.39 is 0 Å². The molecule has 0 bridgehead atoms. The zero-order valence-corrected chi connectivity index (χ0v) is 12.3. The predicted octanol–water partition coefficient (Wildman–Crippen LogP) is 3.46. The summed E-state index contributed by atoms with van der Waals surface area (Å²) in [5.41, 5.74) is 8.71. The minimum Gasteiger partial charge on any atom is -0.329 e. The molecule has 1 aliphatic rings. The maximum absolute atomic E-state index is 6.00. The molecule has 0 amide bonds. The van der Waals surface area contributed by atoms with Crippen LogP contribution in [0.25, 0.3) is 0 Å². The van der Waals surface area contributed by atoms with E-state index in [2.05, 4.69) is 28.5 Å². The van der Waals surface area contributed by atoms with Gasteiger partial charge in [0.1, 0.15) is 0 Å². The second-order valence-corrected chi connectivity index (χ2v) is 6.33. The van der Waals surface area contributed by atoms with Gasteiger partial charge in [0, 0.05) is 35.6 Å². The lowest BCUT2D eigenvalue weighted by Gasteiger charge is -2.34. The summed E-state index contributed by atoms with van der Waals surface area (Å²) < 4.78 is 0. The summed E-state index contributed by atoms with van der Waals surface area (Å²) in [7, 11) is 0. The first kappa shape index (κ1) is 13.1. The highest BCUT2D eigenvalue weighted by Crippen LogP contribution is 2.30. The van der Waals surface area contributed by atoms with Gasteiger partial charge in [-0.3, -0.25) is 4.90 Å². The van der Waals surface area contributed by atoms with Crippen LogP contribution in [0.1, 0.15) is 22.0 Å². The van der Waals surface area contributed by atoms with Crippen molar-refractivity contribution in [3.63, 3.8) is 0 Å². The topological polar surface area (TPSA) is 29.3 Å². The Hall–Kier alpha value is -0.870. The van der Waals surface area contributed by atoms with E-state index in [1.807, 2.05) is 23.5 Å². The lowest BCUT2D eigenvalue weighted by molar-refractivity contribution is 0.185. The van der Waals surface area contributed by atoms with Crippen molar-refractivity contribution in [1.82, 2.24) is 4.90 Å². The molecule has 19 heavy (non-hydrogen) atoms. The van der Waals surface area contributed by atoms with E-state index in [0.717, 1.165) is 24.5 Å². The number of nitrogens with zero attached hydrogens (tertiary/aromatic N) is 1. The molecule has 2 heterocycles. The van der Waals surface area contributed by atoms with Crippen LogP contribution < -0.4 is 5.73 Å². The Bertz CT molecular complexity index is 550. The summed E-state index contributed by atoms with van der Waals surface area (Å²) in [6, 6.07) is 10.6. The number of benzene rings is 1. The molecule has 2 nitrogen and oxygen atoms in total. The van der Waals surface area contributed by atoms with Crippen LogP contribution in [-0.2, 0) is 13.0 Å². The monoisotopic (exact) mass is 292 g/mol. The number of fused-ring (bicyclic) bond motifs is 1. The zero-order valence-electron chi connectivity index (χ0n) is 10.7. The van der Waals surface area contributed by atoms with Crippen LogP contribution in [0, 0.1) is 0 Å². The van der Waals surface area contributed by atoms with E-state index in [-0.39, 0.29) is 6.04 Å². The molecule has 1 atom stereocenters. The van der Waals surface area contributed by atoms with Crippen LogP contribution in [0.15, 0.2) is 35.7 Å². The Morgan fingerprint density at radius 3 is 2.79 bits per heavy atom. The SMILES string of the molecule is NC[C@H](c1ccc(Cl)cc1)N1CCc2sccc2C1. The van der Waals surface area contributed by atoms with Crippen LogP contribution in [0.3, 0.4) is 0 Å². The van der Waals surface area contributed by atoms with E-state index in [1.165, 1.54) is 16.0 Å². The van der Waals surface area contributed by atoms with Crippen molar-refractivity contribution in [3.05, 3.63) is 56.7 Å². The Morgan fingerprint density at radius 1 is 1.26 bits per heavy atom. The summed E-state index contributed by atoms with van der Waals surface area (Å²) in [6.07, 6.45) is 1.14. The van der Waals surface area contributed by atoms with Crippen molar-refractivity contribution in [3.8, 4) is 0 Å². The molecule has 2 N–H and O–H groups in total. The summed E-state index contributed by atoms with van der Waals surface area (Å²) >= 11 is 7.82. The quantitative estimate of drug-likeness (QED) is 0.939. The number of rotatable bonds is 3. The van der Waals surface area contributed by atoms with Crippen LogP contribution >= 0.6 is 22.9 Å². The van der Waals surface area contributed by atoms with Crippen LogP contribution in [0.4, 0.5) is 0 Å². The van der Waals surface area contributed by atoms with Crippen LogP contribution in [0.5, 0.6) is 0 Å². The number of halogens is 1. The Kier molecular flexibility index (Phi) is 3.89. The summed E-state index contributed by atoms with van der Waals surface area (Å²) in [4.78, 5) is 4.00. The molecule has 0 spiro atoms. The smallest absolute Gasteiger partial charge is 0.0474 e. The molecule has 100 valence electrons. The van der Waals surface area contributed by atoms with Gasteiger partial charge in [0.05, 0.1) is 0 Å². The van der Waals surface area contributed by atoms with E-state index >= 15 is 0 Å². The fourth-order valence-electron chi connectivity index (χ4n) is 2.72. The zero-order chi connectivity index (χ0) is 13.2. The molecule has 0 radical (unpaired) electrons. The number of nitrogens with two attached hydrogens (primary N) is 1. The summed E-state index contributed by atoms with van der Waals surface area (Å²) in [6.45, 7) is 2.72. The van der Waals surface area contributed by atoms with Crippen molar-refractivity contribution in [2.75, 3.05) is 13.1 Å². The summed E-state index contributed by atoms with van der Waals surface area (Å²) in [5.74, 6) is 0. The molecule has 0 fully saturated rings. The average molecular weight is 293 g/mol. The van der Waals surface area contributed by atoms with Crippen molar-refractivity contribution >= 4 is 22.9 Å². The Morgan fingerprint density at radius 2 is 2.05 bits per heavy atom. The second kappa shape index (κ2) is 5.63. The van der Waals surface area contributed by atoms with Gasteiger partial charge in [0.25, 0.3) is 0 Å². The molecule has 1 aromatic heterocycles. The lowest BCUT2D eigenvalue weighted by Crippen LogP contribution is -2.37. The van der Waals surface area contributed by atoms with Gasteiger partial charge in [-0.1, -0.05) is 23.7 Å².